The van der Waals surface area contributed by atoms with Crippen molar-refractivity contribution in [3.8, 4) is 11.3 Å². The molecule has 6 nitrogen and oxygen atoms in total. The van der Waals surface area contributed by atoms with Gasteiger partial charge in [-0.05, 0) is 6.92 Å². The van der Waals surface area contributed by atoms with Gasteiger partial charge in [-0.15, -0.1) is 21.5 Å². The molecule has 0 aliphatic rings. The van der Waals surface area contributed by atoms with Gasteiger partial charge in [-0.3, -0.25) is 4.79 Å². The average Bonchev–Trinajstić information content (AvgIpc) is 3.17. The van der Waals surface area contributed by atoms with E-state index in [4.69, 9.17) is 4.52 Å². The number of aromatic nitrogens is 3. The van der Waals surface area contributed by atoms with Crippen molar-refractivity contribution in [3.05, 3.63) is 52.1 Å². The summed E-state index contributed by atoms with van der Waals surface area (Å²) in [7, 11) is 0. The van der Waals surface area contributed by atoms with Crippen molar-refractivity contribution in [1.82, 2.24) is 20.7 Å². The van der Waals surface area contributed by atoms with Crippen molar-refractivity contribution >= 4 is 17.2 Å². The molecular weight excluding hydrogens is 300 g/mol. The van der Waals surface area contributed by atoms with Crippen LogP contribution in [-0.2, 0) is 6.42 Å². The van der Waals surface area contributed by atoms with E-state index in [1.165, 1.54) is 11.3 Å². The number of carbonyl (C=O) groups excluding carboxylic acids is 1. The molecule has 0 atom stereocenters. The highest BCUT2D eigenvalue weighted by atomic mass is 32.1. The number of hydrogen-bond donors (Lipinski definition) is 1. The maximum atomic E-state index is 12.0. The summed E-state index contributed by atoms with van der Waals surface area (Å²) in [6, 6.07) is 11.2. The van der Waals surface area contributed by atoms with E-state index >= 15 is 0 Å². The average molecular weight is 314 g/mol. The number of carbonyl (C=O) groups is 1. The highest BCUT2D eigenvalue weighted by molar-refractivity contribution is 7.11. The molecule has 0 saturated carbocycles. The summed E-state index contributed by atoms with van der Waals surface area (Å²) in [5.74, 6) is 0.317. The van der Waals surface area contributed by atoms with Crippen molar-refractivity contribution in [2.24, 2.45) is 0 Å². The molecule has 1 aromatic carbocycles. The molecule has 0 fully saturated rings. The maximum Gasteiger partial charge on any atom is 0.273 e. The summed E-state index contributed by atoms with van der Waals surface area (Å²) >= 11 is 1.53. The van der Waals surface area contributed by atoms with Crippen LogP contribution < -0.4 is 5.32 Å². The number of aryl methyl sites for hydroxylation is 1. The molecule has 2 aromatic heterocycles. The summed E-state index contributed by atoms with van der Waals surface area (Å²) in [4.78, 5) is 12.0. The molecule has 2 heterocycles. The Morgan fingerprint density at radius 1 is 1.27 bits per heavy atom. The minimum atomic E-state index is -0.257. The molecule has 112 valence electrons. The Morgan fingerprint density at radius 3 is 2.82 bits per heavy atom. The Hall–Kier alpha value is -2.54. The highest BCUT2D eigenvalue weighted by Gasteiger charge is 2.13. The number of nitrogens with one attached hydrogen (secondary N) is 1. The van der Waals surface area contributed by atoms with E-state index in [1.807, 2.05) is 37.3 Å². The Balaban J connectivity index is 1.58. The van der Waals surface area contributed by atoms with Crippen LogP contribution >= 0.6 is 11.3 Å². The van der Waals surface area contributed by atoms with Crippen molar-refractivity contribution in [1.29, 1.82) is 0 Å². The van der Waals surface area contributed by atoms with Gasteiger partial charge >= 0.3 is 0 Å². The number of hydrogen-bond acceptors (Lipinski definition) is 6. The standard InChI is InChI=1S/C15H14N4O2S/c1-10-17-18-14(22-10)7-8-16-15(20)12-9-13(21-19-12)11-5-3-2-4-6-11/h2-6,9H,7-8H2,1H3,(H,16,20). The Kier molecular flexibility index (Phi) is 4.24. The second-order valence-electron chi connectivity index (χ2n) is 4.66. The summed E-state index contributed by atoms with van der Waals surface area (Å²) in [5.41, 5.74) is 1.16. The zero-order valence-electron chi connectivity index (χ0n) is 11.9. The van der Waals surface area contributed by atoms with Gasteiger partial charge in [0.05, 0.1) is 0 Å². The molecule has 0 aliphatic heterocycles. The summed E-state index contributed by atoms with van der Waals surface area (Å²) in [6.45, 7) is 2.39. The predicted octanol–water partition coefficient (Wildman–Crippen LogP) is 2.47. The fourth-order valence-corrected chi connectivity index (χ4v) is 2.64. The van der Waals surface area contributed by atoms with Crippen LogP contribution in [0, 0.1) is 6.92 Å². The molecule has 3 rings (SSSR count). The van der Waals surface area contributed by atoms with Crippen LogP contribution in [-0.4, -0.2) is 27.8 Å². The zero-order chi connectivity index (χ0) is 15.4. The summed E-state index contributed by atoms with van der Waals surface area (Å²) in [6.07, 6.45) is 0.653. The highest BCUT2D eigenvalue weighted by Crippen LogP contribution is 2.19. The van der Waals surface area contributed by atoms with E-state index in [0.29, 0.717) is 18.7 Å². The van der Waals surface area contributed by atoms with Crippen molar-refractivity contribution in [2.75, 3.05) is 6.54 Å². The van der Waals surface area contributed by atoms with E-state index in [2.05, 4.69) is 20.7 Å². The third kappa shape index (κ3) is 3.37. The second-order valence-corrected chi connectivity index (χ2v) is 5.93. The topological polar surface area (TPSA) is 80.9 Å². The van der Waals surface area contributed by atoms with Crippen LogP contribution in [0.2, 0.25) is 0 Å². The first-order chi connectivity index (χ1) is 10.7. The lowest BCUT2D eigenvalue weighted by Crippen LogP contribution is -2.25. The largest absolute Gasteiger partial charge is 0.355 e. The van der Waals surface area contributed by atoms with Crippen LogP contribution in [0.1, 0.15) is 20.5 Å². The van der Waals surface area contributed by atoms with Crippen LogP contribution in [0.5, 0.6) is 0 Å². The fourth-order valence-electron chi connectivity index (χ4n) is 1.93. The first-order valence-electron chi connectivity index (χ1n) is 6.82. The first-order valence-corrected chi connectivity index (χ1v) is 7.63. The molecule has 0 spiro atoms. The first kappa shape index (κ1) is 14.4. The predicted molar refractivity (Wildman–Crippen MR) is 82.6 cm³/mol. The zero-order valence-corrected chi connectivity index (χ0v) is 12.8. The maximum absolute atomic E-state index is 12.0. The summed E-state index contributed by atoms with van der Waals surface area (Å²) in [5, 5.41) is 16.4. The Labute approximate surface area is 131 Å². The molecule has 0 radical (unpaired) electrons. The van der Waals surface area contributed by atoms with Gasteiger partial charge in [0.25, 0.3) is 5.91 Å². The molecule has 0 unspecified atom stereocenters. The van der Waals surface area contributed by atoms with Gasteiger partial charge in [-0.2, -0.15) is 0 Å². The van der Waals surface area contributed by atoms with E-state index in [9.17, 15) is 4.79 Å². The van der Waals surface area contributed by atoms with Gasteiger partial charge < -0.3 is 9.84 Å². The lowest BCUT2D eigenvalue weighted by molar-refractivity contribution is 0.0945. The SMILES string of the molecule is Cc1nnc(CCNC(=O)c2cc(-c3ccccc3)on2)s1. The third-order valence-corrected chi connectivity index (χ3v) is 3.89. The molecule has 0 bridgehead atoms. The number of amides is 1. The van der Waals surface area contributed by atoms with Gasteiger partial charge in [-0.25, -0.2) is 0 Å². The third-order valence-electron chi connectivity index (χ3n) is 2.99. The molecule has 3 aromatic rings. The van der Waals surface area contributed by atoms with Crippen molar-refractivity contribution in [3.63, 3.8) is 0 Å². The van der Waals surface area contributed by atoms with Gasteiger partial charge in [0.2, 0.25) is 0 Å². The van der Waals surface area contributed by atoms with Crippen molar-refractivity contribution in [2.45, 2.75) is 13.3 Å². The normalized spacial score (nSPS) is 10.6. The second kappa shape index (κ2) is 6.48. The number of nitrogens with zero attached hydrogens (tertiary/aromatic N) is 3. The van der Waals surface area contributed by atoms with Crippen LogP contribution in [0.15, 0.2) is 40.9 Å². The molecule has 0 aliphatic carbocycles. The monoisotopic (exact) mass is 314 g/mol. The van der Waals surface area contributed by atoms with Crippen LogP contribution in [0.4, 0.5) is 0 Å². The van der Waals surface area contributed by atoms with Crippen LogP contribution in [0.3, 0.4) is 0 Å². The lowest BCUT2D eigenvalue weighted by atomic mass is 10.1. The van der Waals surface area contributed by atoms with Gasteiger partial charge in [0.15, 0.2) is 11.5 Å². The smallest absolute Gasteiger partial charge is 0.273 e. The van der Waals surface area contributed by atoms with Gasteiger partial charge in [-0.1, -0.05) is 35.5 Å². The van der Waals surface area contributed by atoms with Gasteiger partial charge in [0.1, 0.15) is 10.0 Å². The summed E-state index contributed by atoms with van der Waals surface area (Å²) < 4.78 is 5.21. The van der Waals surface area contributed by atoms with Gasteiger partial charge in [0, 0.05) is 24.6 Å². The molecular formula is C15H14N4O2S. The number of rotatable bonds is 5. The molecule has 22 heavy (non-hydrogen) atoms. The minimum absolute atomic E-state index is 0.257. The quantitative estimate of drug-likeness (QED) is 0.782. The molecule has 7 heteroatoms. The molecule has 1 N–H and O–H groups in total. The van der Waals surface area contributed by atoms with E-state index < -0.39 is 0 Å². The lowest BCUT2D eigenvalue weighted by Gasteiger charge is -1.99. The van der Waals surface area contributed by atoms with Crippen LogP contribution in [0.25, 0.3) is 11.3 Å². The Morgan fingerprint density at radius 2 is 2.09 bits per heavy atom. The minimum Gasteiger partial charge on any atom is -0.355 e. The Bertz CT molecular complexity index is 767. The fraction of sp³-hybridized carbons (Fsp3) is 0.200. The van der Waals surface area contributed by atoms with E-state index in [-0.39, 0.29) is 11.6 Å². The molecule has 0 saturated heterocycles. The van der Waals surface area contributed by atoms with Crippen molar-refractivity contribution < 1.29 is 9.32 Å². The molecule has 1 amide bonds. The van der Waals surface area contributed by atoms with E-state index in [1.54, 1.807) is 6.07 Å². The van der Waals surface area contributed by atoms with E-state index in [0.717, 1.165) is 15.6 Å². The number of benzene rings is 1.